The van der Waals surface area contributed by atoms with E-state index < -0.39 is 5.97 Å². The Morgan fingerprint density at radius 3 is 2.67 bits per heavy atom. The lowest BCUT2D eigenvalue weighted by Crippen LogP contribution is -2.44. The summed E-state index contributed by atoms with van der Waals surface area (Å²) in [5.74, 6) is 0.826. The first-order valence-electron chi connectivity index (χ1n) is 6.15. The Kier molecular flexibility index (Phi) is 3.38. The Morgan fingerprint density at radius 1 is 1.50 bits per heavy atom. The van der Waals surface area contributed by atoms with Gasteiger partial charge in [0.1, 0.15) is 0 Å². The van der Waals surface area contributed by atoms with Gasteiger partial charge >= 0.3 is 5.97 Å². The van der Waals surface area contributed by atoms with Gasteiger partial charge in [-0.05, 0) is 33.6 Å². The molecule has 0 atom stereocenters. The van der Waals surface area contributed by atoms with Gasteiger partial charge in [-0.3, -0.25) is 9.69 Å². The lowest BCUT2D eigenvalue weighted by Gasteiger charge is -2.33. The average molecular weight is 253 g/mol. The molecule has 1 aromatic heterocycles. The second-order valence-electron chi connectivity index (χ2n) is 5.74. The summed E-state index contributed by atoms with van der Waals surface area (Å²) in [5, 5.41) is 12.8. The molecule has 0 spiro atoms. The van der Waals surface area contributed by atoms with E-state index in [0.717, 1.165) is 12.8 Å². The maximum Gasteiger partial charge on any atom is 0.317 e. The highest BCUT2D eigenvalue weighted by Crippen LogP contribution is 2.38. The summed E-state index contributed by atoms with van der Waals surface area (Å²) in [6.45, 7) is 6.27. The average Bonchev–Trinajstić information content (AvgIpc) is 2.97. The van der Waals surface area contributed by atoms with Crippen LogP contribution in [0.4, 0.5) is 0 Å². The number of nitrogens with zero attached hydrogens (tertiary/aromatic N) is 3. The molecule has 18 heavy (non-hydrogen) atoms. The summed E-state index contributed by atoms with van der Waals surface area (Å²) in [5.41, 5.74) is -0.251. The molecule has 6 nitrogen and oxygen atoms in total. The Morgan fingerprint density at radius 2 is 2.17 bits per heavy atom. The summed E-state index contributed by atoms with van der Waals surface area (Å²) in [4.78, 5) is 17.0. The lowest BCUT2D eigenvalue weighted by atomic mass is 10.1. The predicted octanol–water partition coefficient (Wildman–Crippen LogP) is 1.63. The van der Waals surface area contributed by atoms with Gasteiger partial charge in [0.25, 0.3) is 0 Å². The highest BCUT2D eigenvalue weighted by atomic mass is 16.5. The number of aromatic nitrogens is 2. The van der Waals surface area contributed by atoms with E-state index >= 15 is 0 Å². The van der Waals surface area contributed by atoms with Gasteiger partial charge in [-0.15, -0.1) is 0 Å². The van der Waals surface area contributed by atoms with E-state index in [1.54, 1.807) is 0 Å². The lowest BCUT2D eigenvalue weighted by molar-refractivity contribution is -0.140. The molecule has 0 amide bonds. The van der Waals surface area contributed by atoms with Crippen LogP contribution in [0.1, 0.15) is 51.2 Å². The van der Waals surface area contributed by atoms with Crippen LogP contribution >= 0.6 is 0 Å². The van der Waals surface area contributed by atoms with Crippen LogP contribution < -0.4 is 0 Å². The monoisotopic (exact) mass is 253 g/mol. The second-order valence-corrected chi connectivity index (χ2v) is 5.74. The second kappa shape index (κ2) is 4.68. The minimum absolute atomic E-state index is 0.0310. The van der Waals surface area contributed by atoms with Gasteiger partial charge in [0.05, 0.1) is 13.1 Å². The third kappa shape index (κ3) is 3.29. The quantitative estimate of drug-likeness (QED) is 0.859. The molecule has 1 aliphatic carbocycles. The molecule has 1 heterocycles. The minimum atomic E-state index is -0.851. The normalized spacial score (nSPS) is 16.2. The van der Waals surface area contributed by atoms with Crippen LogP contribution in [-0.4, -0.2) is 38.2 Å². The first-order chi connectivity index (χ1) is 8.36. The van der Waals surface area contributed by atoms with E-state index in [2.05, 4.69) is 10.1 Å². The van der Waals surface area contributed by atoms with E-state index in [-0.39, 0.29) is 12.1 Å². The van der Waals surface area contributed by atoms with E-state index in [1.807, 2.05) is 25.7 Å². The van der Waals surface area contributed by atoms with Crippen LogP contribution in [0, 0.1) is 0 Å². The van der Waals surface area contributed by atoms with Crippen molar-refractivity contribution in [3.8, 4) is 0 Å². The van der Waals surface area contributed by atoms with Crippen LogP contribution in [0.25, 0.3) is 0 Å². The van der Waals surface area contributed by atoms with Crippen molar-refractivity contribution in [2.75, 3.05) is 6.54 Å². The molecule has 0 aromatic carbocycles. The van der Waals surface area contributed by atoms with Crippen LogP contribution in [-0.2, 0) is 11.3 Å². The molecule has 1 saturated carbocycles. The highest BCUT2D eigenvalue weighted by Gasteiger charge is 2.31. The Hall–Kier alpha value is -1.43. The molecule has 0 aliphatic heterocycles. The number of rotatable bonds is 5. The summed E-state index contributed by atoms with van der Waals surface area (Å²) in [7, 11) is 0. The molecule has 2 rings (SSSR count). The van der Waals surface area contributed by atoms with Gasteiger partial charge in [-0.25, -0.2) is 0 Å². The first-order valence-corrected chi connectivity index (χ1v) is 6.15. The topological polar surface area (TPSA) is 79.5 Å². The van der Waals surface area contributed by atoms with E-state index in [0.29, 0.717) is 24.2 Å². The van der Waals surface area contributed by atoms with Crippen LogP contribution in [0.15, 0.2) is 4.52 Å². The van der Waals surface area contributed by atoms with Crippen molar-refractivity contribution in [3.05, 3.63) is 11.7 Å². The fraction of sp³-hybridized carbons (Fsp3) is 0.750. The van der Waals surface area contributed by atoms with Gasteiger partial charge < -0.3 is 9.63 Å². The van der Waals surface area contributed by atoms with Crippen molar-refractivity contribution in [2.24, 2.45) is 0 Å². The van der Waals surface area contributed by atoms with E-state index in [4.69, 9.17) is 9.63 Å². The zero-order chi connectivity index (χ0) is 13.3. The Labute approximate surface area is 106 Å². The molecular weight excluding hydrogens is 234 g/mol. The summed E-state index contributed by atoms with van der Waals surface area (Å²) >= 11 is 0. The summed E-state index contributed by atoms with van der Waals surface area (Å²) < 4.78 is 5.17. The van der Waals surface area contributed by atoms with Gasteiger partial charge in [-0.2, -0.15) is 4.98 Å². The molecule has 0 radical (unpaired) electrons. The predicted molar refractivity (Wildman–Crippen MR) is 64.1 cm³/mol. The molecule has 1 aromatic rings. The van der Waals surface area contributed by atoms with Gasteiger partial charge in [0, 0.05) is 11.5 Å². The van der Waals surface area contributed by atoms with Crippen LogP contribution in [0.5, 0.6) is 0 Å². The number of carboxylic acids is 1. The SMILES string of the molecule is CC(C)(C)N(CC(=O)O)Cc1noc(C2CC2)n1. The molecule has 0 saturated heterocycles. The van der Waals surface area contributed by atoms with E-state index in [9.17, 15) is 4.79 Å². The first kappa shape index (κ1) is 13.0. The number of carbonyl (C=O) groups is 1. The zero-order valence-corrected chi connectivity index (χ0v) is 11.0. The van der Waals surface area contributed by atoms with Crippen molar-refractivity contribution >= 4 is 5.97 Å². The maximum absolute atomic E-state index is 10.9. The molecule has 100 valence electrons. The Balaban J connectivity index is 2.04. The Bertz CT molecular complexity index is 432. The van der Waals surface area contributed by atoms with Crippen LogP contribution in [0.3, 0.4) is 0 Å². The fourth-order valence-corrected chi connectivity index (χ4v) is 1.69. The number of carboxylic acid groups (broad SMARTS) is 1. The zero-order valence-electron chi connectivity index (χ0n) is 11.0. The fourth-order valence-electron chi connectivity index (χ4n) is 1.69. The molecule has 0 bridgehead atoms. The highest BCUT2D eigenvalue weighted by molar-refractivity contribution is 5.69. The minimum Gasteiger partial charge on any atom is -0.480 e. The molecule has 6 heteroatoms. The summed E-state index contributed by atoms with van der Waals surface area (Å²) in [6.07, 6.45) is 2.22. The number of aliphatic carboxylic acids is 1. The van der Waals surface area contributed by atoms with Crippen molar-refractivity contribution in [2.45, 2.75) is 51.6 Å². The van der Waals surface area contributed by atoms with Gasteiger partial charge in [0.2, 0.25) is 5.89 Å². The van der Waals surface area contributed by atoms with Crippen molar-refractivity contribution in [1.29, 1.82) is 0 Å². The summed E-state index contributed by atoms with van der Waals surface area (Å²) in [6, 6.07) is 0. The maximum atomic E-state index is 10.9. The molecular formula is C12H19N3O3. The van der Waals surface area contributed by atoms with E-state index in [1.165, 1.54) is 0 Å². The van der Waals surface area contributed by atoms with Gasteiger partial charge in [-0.1, -0.05) is 5.16 Å². The number of hydrogen-bond donors (Lipinski definition) is 1. The third-order valence-corrected chi connectivity index (χ3v) is 3.02. The molecule has 1 aliphatic rings. The smallest absolute Gasteiger partial charge is 0.317 e. The largest absolute Gasteiger partial charge is 0.480 e. The van der Waals surface area contributed by atoms with Crippen molar-refractivity contribution < 1.29 is 14.4 Å². The molecule has 1 N–H and O–H groups in total. The van der Waals surface area contributed by atoms with Gasteiger partial charge in [0.15, 0.2) is 5.82 Å². The van der Waals surface area contributed by atoms with Crippen LogP contribution in [0.2, 0.25) is 0 Å². The standard InChI is InChI=1S/C12H19N3O3/c1-12(2,3)15(7-10(16)17)6-9-13-11(18-14-9)8-4-5-8/h8H,4-7H2,1-3H3,(H,16,17). The van der Waals surface area contributed by atoms with Crippen molar-refractivity contribution in [1.82, 2.24) is 15.0 Å². The number of hydrogen-bond acceptors (Lipinski definition) is 5. The molecule has 1 fully saturated rings. The molecule has 0 unspecified atom stereocenters. The van der Waals surface area contributed by atoms with Crippen molar-refractivity contribution in [3.63, 3.8) is 0 Å². The third-order valence-electron chi connectivity index (χ3n) is 3.02.